The van der Waals surface area contributed by atoms with Crippen LogP contribution in [0.3, 0.4) is 0 Å². The highest BCUT2D eigenvalue weighted by molar-refractivity contribution is 6.22. The van der Waals surface area contributed by atoms with Crippen LogP contribution in [-0.2, 0) is 9.59 Å². The molecule has 1 fully saturated rings. The van der Waals surface area contributed by atoms with Crippen molar-refractivity contribution in [1.29, 1.82) is 0 Å². The minimum Gasteiger partial charge on any atom is -0.383 e. The zero-order valence-corrected chi connectivity index (χ0v) is 9.39. The number of carbonyl (C=O) groups is 2. The lowest BCUT2D eigenvalue weighted by Crippen LogP contribution is -2.33. The molecule has 1 heterocycles. The predicted octanol–water partition coefficient (Wildman–Crippen LogP) is -0.166. The number of nitrogens with zero attached hydrogens (tertiary/aromatic N) is 3. The normalized spacial score (nSPS) is 16.9. The van der Waals surface area contributed by atoms with Crippen molar-refractivity contribution in [3.8, 4) is 0 Å². The van der Waals surface area contributed by atoms with Crippen molar-refractivity contribution in [2.24, 2.45) is 0 Å². The van der Waals surface area contributed by atoms with Crippen LogP contribution in [0.1, 0.15) is 0 Å². The third kappa shape index (κ3) is 2.18. The number of hydrogen-bond acceptors (Lipinski definition) is 3. The maximum Gasteiger partial charge on any atom is 0.277 e. The molecular formula is C10H15N3O2. The fourth-order valence-electron chi connectivity index (χ4n) is 1.17. The molecule has 1 saturated heterocycles. The Bertz CT molecular complexity index is 323. The van der Waals surface area contributed by atoms with E-state index < -0.39 is 0 Å². The summed E-state index contributed by atoms with van der Waals surface area (Å²) in [5.41, 5.74) is 0.193. The second kappa shape index (κ2) is 4.16. The van der Waals surface area contributed by atoms with Crippen molar-refractivity contribution >= 4 is 11.8 Å². The Hall–Kier alpha value is -1.78. The van der Waals surface area contributed by atoms with Crippen LogP contribution in [0.5, 0.6) is 0 Å². The molecule has 0 aromatic heterocycles. The molecule has 0 aliphatic carbocycles. The van der Waals surface area contributed by atoms with Crippen molar-refractivity contribution < 1.29 is 9.59 Å². The molecule has 0 bridgehead atoms. The first-order valence-corrected chi connectivity index (χ1v) is 4.56. The highest BCUT2D eigenvalue weighted by Gasteiger charge is 2.35. The summed E-state index contributed by atoms with van der Waals surface area (Å²) in [4.78, 5) is 24.9. The first kappa shape index (κ1) is 11.3. The SMILES string of the molecule is CN(C)C=CC=C1C(=O)N(C)N(C)C1=O. The summed E-state index contributed by atoms with van der Waals surface area (Å²) in [7, 11) is 6.87. The lowest BCUT2D eigenvalue weighted by molar-refractivity contribution is -0.141. The number of likely N-dealkylation sites (N-methyl/N-ethyl adjacent to an activating group) is 2. The zero-order chi connectivity index (χ0) is 11.6. The number of carbonyl (C=O) groups excluding carboxylic acids is 2. The van der Waals surface area contributed by atoms with Gasteiger partial charge in [-0.05, 0) is 18.4 Å². The van der Waals surface area contributed by atoms with Crippen molar-refractivity contribution in [3.05, 3.63) is 23.9 Å². The van der Waals surface area contributed by atoms with Gasteiger partial charge < -0.3 is 4.90 Å². The van der Waals surface area contributed by atoms with Gasteiger partial charge in [0, 0.05) is 28.2 Å². The number of amides is 2. The van der Waals surface area contributed by atoms with Gasteiger partial charge in [-0.2, -0.15) is 0 Å². The van der Waals surface area contributed by atoms with E-state index in [1.54, 1.807) is 26.4 Å². The standard InChI is InChI=1S/C10H15N3O2/c1-11(2)7-5-6-8-9(14)12(3)13(4)10(8)15/h5-7H,1-4H3. The summed E-state index contributed by atoms with van der Waals surface area (Å²) in [6.45, 7) is 0. The van der Waals surface area contributed by atoms with Gasteiger partial charge in [0.2, 0.25) is 0 Å². The number of hydrogen-bond donors (Lipinski definition) is 0. The molecule has 0 saturated carbocycles. The average Bonchev–Trinajstić information content (AvgIpc) is 2.34. The average molecular weight is 209 g/mol. The second-order valence-electron chi connectivity index (χ2n) is 3.54. The summed E-state index contributed by atoms with van der Waals surface area (Å²) < 4.78 is 0. The van der Waals surface area contributed by atoms with Gasteiger partial charge in [-0.25, -0.2) is 0 Å². The van der Waals surface area contributed by atoms with E-state index in [0.717, 1.165) is 0 Å². The van der Waals surface area contributed by atoms with Crippen LogP contribution < -0.4 is 0 Å². The molecule has 0 unspecified atom stereocenters. The Morgan fingerprint density at radius 2 is 1.53 bits per heavy atom. The van der Waals surface area contributed by atoms with E-state index in [9.17, 15) is 9.59 Å². The third-order valence-electron chi connectivity index (χ3n) is 2.15. The molecule has 0 atom stereocenters. The number of rotatable bonds is 2. The molecule has 1 rings (SSSR count). The minimum atomic E-state index is -0.272. The van der Waals surface area contributed by atoms with E-state index in [1.165, 1.54) is 16.1 Å². The van der Waals surface area contributed by atoms with Crippen molar-refractivity contribution in [1.82, 2.24) is 14.9 Å². The molecule has 1 aliphatic rings. The van der Waals surface area contributed by atoms with Crippen LogP contribution >= 0.6 is 0 Å². The van der Waals surface area contributed by atoms with Gasteiger partial charge in [-0.1, -0.05) is 0 Å². The quantitative estimate of drug-likeness (QED) is 0.468. The van der Waals surface area contributed by atoms with Gasteiger partial charge in [-0.3, -0.25) is 19.6 Å². The van der Waals surface area contributed by atoms with Gasteiger partial charge in [-0.15, -0.1) is 0 Å². The molecule has 0 N–H and O–H groups in total. The highest BCUT2D eigenvalue weighted by atomic mass is 16.2. The Morgan fingerprint density at radius 3 is 1.93 bits per heavy atom. The Morgan fingerprint density at radius 1 is 1.07 bits per heavy atom. The van der Waals surface area contributed by atoms with E-state index in [1.807, 2.05) is 19.0 Å². The smallest absolute Gasteiger partial charge is 0.277 e. The zero-order valence-electron chi connectivity index (χ0n) is 9.39. The largest absolute Gasteiger partial charge is 0.383 e. The Labute approximate surface area is 89.2 Å². The molecule has 0 aromatic carbocycles. The molecule has 1 aliphatic heterocycles. The van der Waals surface area contributed by atoms with Gasteiger partial charge in [0.05, 0.1) is 0 Å². The van der Waals surface area contributed by atoms with Crippen LogP contribution in [-0.4, -0.2) is 54.9 Å². The van der Waals surface area contributed by atoms with Crippen LogP contribution in [0.4, 0.5) is 0 Å². The number of allylic oxidation sites excluding steroid dienone is 2. The summed E-state index contributed by atoms with van der Waals surface area (Å²) in [6.07, 6.45) is 4.98. The Balaban J connectivity index is 2.87. The van der Waals surface area contributed by atoms with E-state index in [4.69, 9.17) is 0 Å². The summed E-state index contributed by atoms with van der Waals surface area (Å²) in [5.74, 6) is -0.545. The van der Waals surface area contributed by atoms with Crippen molar-refractivity contribution in [2.75, 3.05) is 28.2 Å². The molecule has 82 valence electrons. The molecule has 0 radical (unpaired) electrons. The molecule has 0 aromatic rings. The van der Waals surface area contributed by atoms with Crippen molar-refractivity contribution in [2.45, 2.75) is 0 Å². The first-order valence-electron chi connectivity index (χ1n) is 4.56. The molecule has 5 nitrogen and oxygen atoms in total. The van der Waals surface area contributed by atoms with E-state index in [-0.39, 0.29) is 17.4 Å². The van der Waals surface area contributed by atoms with Gasteiger partial charge in [0.1, 0.15) is 5.57 Å². The molecular weight excluding hydrogens is 194 g/mol. The first-order chi connectivity index (χ1) is 6.95. The Kier molecular flexibility index (Phi) is 3.14. The lowest BCUT2D eigenvalue weighted by Gasteiger charge is -2.16. The van der Waals surface area contributed by atoms with Gasteiger partial charge >= 0.3 is 0 Å². The summed E-state index contributed by atoms with van der Waals surface area (Å²) in [6, 6.07) is 0. The number of hydrazine groups is 1. The van der Waals surface area contributed by atoms with E-state index in [2.05, 4.69) is 0 Å². The highest BCUT2D eigenvalue weighted by Crippen LogP contribution is 2.15. The second-order valence-corrected chi connectivity index (χ2v) is 3.54. The van der Waals surface area contributed by atoms with Crippen molar-refractivity contribution in [3.63, 3.8) is 0 Å². The molecule has 0 spiro atoms. The van der Waals surface area contributed by atoms with Gasteiger partial charge in [0.15, 0.2) is 0 Å². The maximum absolute atomic E-state index is 11.5. The molecule has 15 heavy (non-hydrogen) atoms. The monoisotopic (exact) mass is 209 g/mol. The maximum atomic E-state index is 11.5. The molecule has 2 amide bonds. The van der Waals surface area contributed by atoms with Crippen LogP contribution in [0.25, 0.3) is 0 Å². The van der Waals surface area contributed by atoms with Crippen LogP contribution in [0.15, 0.2) is 23.9 Å². The van der Waals surface area contributed by atoms with Crippen LogP contribution in [0, 0.1) is 0 Å². The van der Waals surface area contributed by atoms with Gasteiger partial charge in [0.25, 0.3) is 11.8 Å². The van der Waals surface area contributed by atoms with E-state index >= 15 is 0 Å². The minimum absolute atomic E-state index is 0.193. The van der Waals surface area contributed by atoms with Crippen LogP contribution in [0.2, 0.25) is 0 Å². The lowest BCUT2D eigenvalue weighted by atomic mass is 10.2. The fourth-order valence-corrected chi connectivity index (χ4v) is 1.17. The topological polar surface area (TPSA) is 43.9 Å². The third-order valence-corrected chi connectivity index (χ3v) is 2.15. The fraction of sp³-hybridized carbons (Fsp3) is 0.400. The van der Waals surface area contributed by atoms with E-state index in [0.29, 0.717) is 0 Å². The summed E-state index contributed by atoms with van der Waals surface area (Å²) in [5, 5.41) is 2.58. The molecule has 5 heteroatoms. The summed E-state index contributed by atoms with van der Waals surface area (Å²) >= 11 is 0. The predicted molar refractivity (Wildman–Crippen MR) is 56.5 cm³/mol.